The molecule has 0 saturated carbocycles. The summed E-state index contributed by atoms with van der Waals surface area (Å²) >= 11 is 6.16. The molecule has 2 aromatic heterocycles. The van der Waals surface area contributed by atoms with Gasteiger partial charge in [0.25, 0.3) is 5.56 Å². The lowest BCUT2D eigenvalue weighted by atomic mass is 10.2. The van der Waals surface area contributed by atoms with Crippen molar-refractivity contribution in [3.63, 3.8) is 0 Å². The van der Waals surface area contributed by atoms with Gasteiger partial charge in [0.15, 0.2) is 6.61 Å². The molecule has 0 atom stereocenters. The molecule has 6 nitrogen and oxygen atoms in total. The van der Waals surface area contributed by atoms with E-state index in [2.05, 4.69) is 20.1 Å². The molecule has 152 valence electrons. The monoisotopic (exact) mass is 424 g/mol. The number of ether oxygens (including phenoxy) is 1. The molecule has 3 rings (SSSR count). The molecule has 0 aliphatic rings. The molecule has 10 heteroatoms. The number of hydrogen-bond donors (Lipinski definition) is 1. The Balaban J connectivity index is 1.62. The lowest BCUT2D eigenvalue weighted by Gasteiger charge is -2.11. The molecule has 0 bridgehead atoms. The summed E-state index contributed by atoms with van der Waals surface area (Å²) < 4.78 is 42.2. The van der Waals surface area contributed by atoms with E-state index < -0.39 is 18.3 Å². The smallest absolute Gasteiger partial charge is 0.422 e. The normalized spacial score (nSPS) is 11.3. The molecule has 1 aromatic carbocycles. The Hall–Kier alpha value is -3.07. The first kappa shape index (κ1) is 20.7. The zero-order chi connectivity index (χ0) is 20.9. The van der Waals surface area contributed by atoms with Crippen LogP contribution in [0.4, 0.5) is 18.9 Å². The van der Waals surface area contributed by atoms with Crippen LogP contribution in [0.3, 0.4) is 0 Å². The number of alkyl halides is 3. The second kappa shape index (κ2) is 8.95. The molecule has 0 spiro atoms. The van der Waals surface area contributed by atoms with E-state index in [0.29, 0.717) is 17.8 Å². The first-order valence-corrected chi connectivity index (χ1v) is 8.87. The van der Waals surface area contributed by atoms with E-state index in [1.165, 1.54) is 23.1 Å². The number of halogens is 4. The second-order valence-corrected chi connectivity index (χ2v) is 6.46. The highest BCUT2D eigenvalue weighted by Gasteiger charge is 2.28. The van der Waals surface area contributed by atoms with Gasteiger partial charge < -0.3 is 10.1 Å². The summed E-state index contributed by atoms with van der Waals surface area (Å²) in [5, 5.41) is 7.09. The predicted molar refractivity (Wildman–Crippen MR) is 102 cm³/mol. The van der Waals surface area contributed by atoms with E-state index in [4.69, 9.17) is 11.6 Å². The summed E-state index contributed by atoms with van der Waals surface area (Å²) in [6.45, 7) is -0.864. The van der Waals surface area contributed by atoms with E-state index in [-0.39, 0.29) is 17.4 Å². The molecule has 0 aliphatic carbocycles. The SMILES string of the molecule is O=c1c(Cl)c(NCc2ccc(OCC(F)(F)F)nc2)cnn1Cc1ccccc1. The second-order valence-electron chi connectivity index (χ2n) is 6.08. The maximum absolute atomic E-state index is 12.4. The first-order valence-electron chi connectivity index (χ1n) is 8.50. The highest BCUT2D eigenvalue weighted by Crippen LogP contribution is 2.19. The van der Waals surface area contributed by atoms with Gasteiger partial charge in [-0.1, -0.05) is 48.0 Å². The fourth-order valence-corrected chi connectivity index (χ4v) is 2.62. The number of benzene rings is 1. The Morgan fingerprint density at radius 2 is 1.83 bits per heavy atom. The minimum atomic E-state index is -4.42. The summed E-state index contributed by atoms with van der Waals surface area (Å²) in [5.74, 6) is -0.130. The number of nitrogens with zero attached hydrogens (tertiary/aromatic N) is 3. The average Bonchev–Trinajstić information content (AvgIpc) is 2.70. The average molecular weight is 425 g/mol. The molecule has 0 unspecified atom stereocenters. The van der Waals surface area contributed by atoms with Crippen molar-refractivity contribution >= 4 is 17.3 Å². The van der Waals surface area contributed by atoms with E-state index in [1.54, 1.807) is 6.07 Å². The summed E-state index contributed by atoms with van der Waals surface area (Å²) in [7, 11) is 0. The van der Waals surface area contributed by atoms with Crippen molar-refractivity contribution in [2.75, 3.05) is 11.9 Å². The van der Waals surface area contributed by atoms with Gasteiger partial charge >= 0.3 is 6.18 Å². The zero-order valence-corrected chi connectivity index (χ0v) is 15.7. The molecule has 0 saturated heterocycles. The Labute approximate surface area is 168 Å². The van der Waals surface area contributed by atoms with Crippen molar-refractivity contribution in [3.05, 3.63) is 81.4 Å². The number of hydrogen-bond acceptors (Lipinski definition) is 5. The van der Waals surface area contributed by atoms with Crippen molar-refractivity contribution in [2.24, 2.45) is 0 Å². The summed E-state index contributed by atoms with van der Waals surface area (Å²) in [6.07, 6.45) is -1.61. The largest absolute Gasteiger partial charge is 0.468 e. The van der Waals surface area contributed by atoms with E-state index >= 15 is 0 Å². The van der Waals surface area contributed by atoms with Crippen molar-refractivity contribution < 1.29 is 17.9 Å². The molecule has 2 heterocycles. The van der Waals surface area contributed by atoms with Crippen LogP contribution in [0.2, 0.25) is 5.02 Å². The van der Waals surface area contributed by atoms with Crippen LogP contribution >= 0.6 is 11.6 Å². The standard InChI is InChI=1S/C19H16ClF3N4O2/c20-17-15(10-26-27(18(17)28)11-13-4-2-1-3-5-13)24-8-14-6-7-16(25-9-14)29-12-19(21,22)23/h1-7,9-10,24H,8,11-12H2. The molecule has 0 aliphatic heterocycles. The number of nitrogens with one attached hydrogen (secondary N) is 1. The Kier molecular flexibility index (Phi) is 6.38. The third kappa shape index (κ3) is 5.95. The fraction of sp³-hybridized carbons (Fsp3) is 0.211. The number of aromatic nitrogens is 3. The third-order valence-electron chi connectivity index (χ3n) is 3.82. The van der Waals surface area contributed by atoms with Gasteiger partial charge in [0.1, 0.15) is 5.02 Å². The van der Waals surface area contributed by atoms with Crippen LogP contribution < -0.4 is 15.6 Å². The minimum absolute atomic E-state index is 0.00554. The number of pyridine rings is 1. The van der Waals surface area contributed by atoms with Gasteiger partial charge in [-0.05, 0) is 11.1 Å². The van der Waals surface area contributed by atoms with Gasteiger partial charge in [-0.3, -0.25) is 4.79 Å². The van der Waals surface area contributed by atoms with Crippen LogP contribution in [0, 0.1) is 0 Å². The first-order chi connectivity index (χ1) is 13.8. The predicted octanol–water partition coefficient (Wildman–Crippen LogP) is 3.89. The number of rotatable bonds is 7. The molecular formula is C19H16ClF3N4O2. The van der Waals surface area contributed by atoms with Crippen LogP contribution in [-0.2, 0) is 13.1 Å². The summed E-state index contributed by atoms with van der Waals surface area (Å²) in [5.41, 5.74) is 1.49. The fourth-order valence-electron chi connectivity index (χ4n) is 2.41. The van der Waals surface area contributed by atoms with Gasteiger partial charge in [0, 0.05) is 18.8 Å². The Morgan fingerprint density at radius 1 is 1.07 bits per heavy atom. The topological polar surface area (TPSA) is 69.0 Å². The van der Waals surface area contributed by atoms with Crippen molar-refractivity contribution in [3.8, 4) is 5.88 Å². The van der Waals surface area contributed by atoms with Crippen molar-refractivity contribution in [1.29, 1.82) is 0 Å². The highest BCUT2D eigenvalue weighted by molar-refractivity contribution is 6.32. The molecule has 0 radical (unpaired) electrons. The van der Waals surface area contributed by atoms with Crippen molar-refractivity contribution in [1.82, 2.24) is 14.8 Å². The van der Waals surface area contributed by atoms with Gasteiger partial charge in [0.2, 0.25) is 5.88 Å². The van der Waals surface area contributed by atoms with Crippen LogP contribution in [0.5, 0.6) is 5.88 Å². The lowest BCUT2D eigenvalue weighted by molar-refractivity contribution is -0.154. The lowest BCUT2D eigenvalue weighted by Crippen LogP contribution is -2.24. The molecule has 1 N–H and O–H groups in total. The Morgan fingerprint density at radius 3 is 2.48 bits per heavy atom. The quantitative estimate of drug-likeness (QED) is 0.623. The van der Waals surface area contributed by atoms with Crippen LogP contribution in [-0.4, -0.2) is 27.5 Å². The molecule has 0 fully saturated rings. The highest BCUT2D eigenvalue weighted by atomic mass is 35.5. The minimum Gasteiger partial charge on any atom is -0.468 e. The van der Waals surface area contributed by atoms with Crippen LogP contribution in [0.1, 0.15) is 11.1 Å². The van der Waals surface area contributed by atoms with E-state index in [9.17, 15) is 18.0 Å². The molecule has 3 aromatic rings. The summed E-state index contributed by atoms with van der Waals surface area (Å²) in [4.78, 5) is 16.2. The number of anilines is 1. The van der Waals surface area contributed by atoms with Crippen molar-refractivity contribution in [2.45, 2.75) is 19.3 Å². The Bertz CT molecular complexity index is 1010. The van der Waals surface area contributed by atoms with Gasteiger partial charge in [-0.25, -0.2) is 9.67 Å². The van der Waals surface area contributed by atoms with Gasteiger partial charge in [-0.15, -0.1) is 0 Å². The molecule has 0 amide bonds. The van der Waals surface area contributed by atoms with Gasteiger partial charge in [-0.2, -0.15) is 18.3 Å². The van der Waals surface area contributed by atoms with E-state index in [1.807, 2.05) is 30.3 Å². The maximum atomic E-state index is 12.4. The summed E-state index contributed by atoms with van der Waals surface area (Å²) in [6, 6.07) is 12.3. The van der Waals surface area contributed by atoms with Crippen LogP contribution in [0.15, 0.2) is 59.7 Å². The molecular weight excluding hydrogens is 409 g/mol. The molecule has 29 heavy (non-hydrogen) atoms. The zero-order valence-electron chi connectivity index (χ0n) is 15.0. The van der Waals surface area contributed by atoms with Gasteiger partial charge in [0.05, 0.1) is 18.4 Å². The van der Waals surface area contributed by atoms with Crippen LogP contribution in [0.25, 0.3) is 0 Å². The van der Waals surface area contributed by atoms with E-state index in [0.717, 1.165) is 5.56 Å². The third-order valence-corrected chi connectivity index (χ3v) is 4.19. The maximum Gasteiger partial charge on any atom is 0.422 e.